The Kier molecular flexibility index (Phi) is 13.3. The zero-order valence-corrected chi connectivity index (χ0v) is 26.5. The molecular weight excluding hydrogens is 601 g/mol. The first-order chi connectivity index (χ1) is 18.2. The number of rotatable bonds is 6. The van der Waals surface area contributed by atoms with Crippen molar-refractivity contribution in [1.29, 1.82) is 0 Å². The van der Waals surface area contributed by atoms with Crippen LogP contribution in [0.25, 0.3) is 0 Å². The first kappa shape index (κ1) is 29.6. The van der Waals surface area contributed by atoms with E-state index < -0.39 is 13.5 Å². The van der Waals surface area contributed by atoms with Crippen molar-refractivity contribution in [2.75, 3.05) is 0 Å². The molecule has 0 radical (unpaired) electrons. The fourth-order valence-electron chi connectivity index (χ4n) is 6.77. The second-order valence-electron chi connectivity index (χ2n) is 11.0. The molecule has 0 spiro atoms. The van der Waals surface area contributed by atoms with Crippen LogP contribution in [0.15, 0.2) is 59.6 Å². The summed E-state index contributed by atoms with van der Waals surface area (Å²) in [5, 5.41) is 0. The van der Waals surface area contributed by atoms with E-state index in [2.05, 4.69) is 4.99 Å². The number of para-hydroxylation sites is 1. The number of hydrogen-bond donors (Lipinski definition) is 0. The average Bonchev–Trinajstić information content (AvgIpc) is 2.95. The topological polar surface area (TPSA) is 12.4 Å². The SMILES string of the molecule is C1CCC([PH+](C2CCCCC2)C2CCCCC2)CC1.[Cl][Ru]([Cl])=[CH]c1ccccc1N=Cc1ccccc1. The molecule has 2 aromatic carbocycles. The second-order valence-corrected chi connectivity index (χ2v) is 20.2. The van der Waals surface area contributed by atoms with Crippen LogP contribution in [0.2, 0.25) is 0 Å². The molecule has 3 saturated carbocycles. The summed E-state index contributed by atoms with van der Waals surface area (Å²) in [7, 11) is 11.8. The standard InChI is InChI=1S/C18H33P.C14H11N.2ClH.Ru/c1-4-10-16(11-5-1)19(17-12-6-2-7-13-17)18-14-8-3-9-15-18;1-12-7-5-6-10-14(12)15-11-13-8-3-2-4-9-13;;;/h16-18H,1-15H2;1-11H;2*1H;/q;;;;+2/p-1. The van der Waals surface area contributed by atoms with Crippen LogP contribution in [-0.2, 0) is 13.5 Å². The molecule has 37 heavy (non-hydrogen) atoms. The van der Waals surface area contributed by atoms with Gasteiger partial charge in [0.1, 0.15) is 0 Å². The number of nitrogens with zero attached hydrogens (tertiary/aromatic N) is 1. The van der Waals surface area contributed by atoms with Crippen molar-refractivity contribution >= 4 is 43.8 Å². The number of halogens is 2. The minimum absolute atomic E-state index is 0.0465. The van der Waals surface area contributed by atoms with Gasteiger partial charge in [0.2, 0.25) is 0 Å². The average molecular weight is 647 g/mol. The molecule has 0 heterocycles. The van der Waals surface area contributed by atoms with Crippen LogP contribution in [0, 0.1) is 0 Å². The molecule has 5 rings (SSSR count). The summed E-state index contributed by atoms with van der Waals surface area (Å²) in [5.74, 6) is 0. The van der Waals surface area contributed by atoms with E-state index in [1.165, 1.54) is 17.0 Å². The Morgan fingerprint density at radius 3 is 1.57 bits per heavy atom. The second kappa shape index (κ2) is 16.7. The molecular formula is C32H45Cl2NPRu+. The normalized spacial score (nSPS) is 20.5. The van der Waals surface area contributed by atoms with Gasteiger partial charge in [0.25, 0.3) is 0 Å². The van der Waals surface area contributed by atoms with Crippen LogP contribution in [0.1, 0.15) is 107 Å². The fourth-order valence-corrected chi connectivity index (χ4v) is 13.8. The summed E-state index contributed by atoms with van der Waals surface area (Å²) in [6.45, 7) is 0. The number of hydrogen-bond acceptors (Lipinski definition) is 1. The van der Waals surface area contributed by atoms with Crippen molar-refractivity contribution in [2.24, 2.45) is 4.99 Å². The first-order valence-corrected chi connectivity index (χ1v) is 21.8. The van der Waals surface area contributed by atoms with Crippen LogP contribution in [0.5, 0.6) is 0 Å². The molecule has 0 unspecified atom stereocenters. The zero-order valence-electron chi connectivity index (χ0n) is 22.2. The van der Waals surface area contributed by atoms with Crippen LogP contribution in [-0.4, -0.2) is 27.8 Å². The molecule has 3 aliphatic rings. The molecule has 3 aliphatic carbocycles. The van der Waals surface area contributed by atoms with Crippen molar-refractivity contribution in [3.8, 4) is 0 Å². The monoisotopic (exact) mass is 646 g/mol. The third kappa shape index (κ3) is 9.94. The van der Waals surface area contributed by atoms with E-state index in [9.17, 15) is 0 Å². The van der Waals surface area contributed by atoms with Gasteiger partial charge in [-0.15, -0.1) is 0 Å². The molecule has 1 nitrogen and oxygen atoms in total. The van der Waals surface area contributed by atoms with Crippen molar-refractivity contribution in [1.82, 2.24) is 0 Å². The first-order valence-electron chi connectivity index (χ1n) is 14.6. The Morgan fingerprint density at radius 1 is 0.622 bits per heavy atom. The third-order valence-electron chi connectivity index (χ3n) is 8.51. The molecule has 204 valence electrons. The van der Waals surface area contributed by atoms with Crippen molar-refractivity contribution in [3.05, 3.63) is 65.7 Å². The maximum atomic E-state index is 5.90. The quantitative estimate of drug-likeness (QED) is 0.168. The zero-order chi connectivity index (χ0) is 25.7. The number of aliphatic imine (C=N–C) groups is 1. The Bertz CT molecular complexity index is 930. The molecule has 0 aliphatic heterocycles. The van der Waals surface area contributed by atoms with Crippen molar-refractivity contribution in [2.45, 2.75) is 113 Å². The van der Waals surface area contributed by atoms with E-state index in [-0.39, 0.29) is 7.92 Å². The van der Waals surface area contributed by atoms with E-state index in [1.54, 1.807) is 96.3 Å². The van der Waals surface area contributed by atoms with E-state index in [0.29, 0.717) is 0 Å². The van der Waals surface area contributed by atoms with Crippen LogP contribution in [0.3, 0.4) is 0 Å². The van der Waals surface area contributed by atoms with Crippen LogP contribution >= 0.6 is 27.3 Å². The molecule has 0 atom stereocenters. The van der Waals surface area contributed by atoms with Gasteiger partial charge in [0, 0.05) is 7.92 Å². The molecule has 5 heteroatoms. The molecule has 0 N–H and O–H groups in total. The van der Waals surface area contributed by atoms with Gasteiger partial charge in [-0.1, -0.05) is 19.3 Å². The van der Waals surface area contributed by atoms with E-state index >= 15 is 0 Å². The van der Waals surface area contributed by atoms with Gasteiger partial charge in [-0.3, -0.25) is 0 Å². The maximum absolute atomic E-state index is 5.90. The summed E-state index contributed by atoms with van der Waals surface area (Å²) in [4.78, 5) is 4.48. The van der Waals surface area contributed by atoms with Crippen molar-refractivity contribution < 1.29 is 13.5 Å². The van der Waals surface area contributed by atoms with Crippen LogP contribution in [0.4, 0.5) is 5.69 Å². The Labute approximate surface area is 240 Å². The third-order valence-corrected chi connectivity index (χ3v) is 14.9. The minimum atomic E-state index is -1.82. The van der Waals surface area contributed by atoms with E-state index in [4.69, 9.17) is 19.4 Å². The molecule has 0 saturated heterocycles. The summed E-state index contributed by atoms with van der Waals surface area (Å²) in [6.07, 6.45) is 25.6. The summed E-state index contributed by atoms with van der Waals surface area (Å²) in [5.41, 5.74) is 6.63. The van der Waals surface area contributed by atoms with Gasteiger partial charge in [0.15, 0.2) is 0 Å². The fraction of sp³-hybridized carbons (Fsp3) is 0.562. The summed E-state index contributed by atoms with van der Waals surface area (Å²) < 4.78 is 1.91. The van der Waals surface area contributed by atoms with Gasteiger partial charge >= 0.3 is 120 Å². The Balaban J connectivity index is 0.000000173. The molecule has 3 fully saturated rings. The van der Waals surface area contributed by atoms with Gasteiger partial charge in [-0.2, -0.15) is 0 Å². The van der Waals surface area contributed by atoms with Crippen LogP contribution < -0.4 is 0 Å². The molecule has 0 bridgehead atoms. The van der Waals surface area contributed by atoms with E-state index in [1.807, 2.05) is 65.4 Å². The number of benzene rings is 2. The van der Waals surface area contributed by atoms with E-state index in [0.717, 1.165) is 16.8 Å². The predicted molar refractivity (Wildman–Crippen MR) is 166 cm³/mol. The predicted octanol–water partition coefficient (Wildman–Crippen LogP) is 10.7. The molecule has 0 aromatic heterocycles. The molecule has 2 aromatic rings. The molecule has 0 amide bonds. The van der Waals surface area contributed by atoms with Gasteiger partial charge in [0.05, 0.1) is 17.0 Å². The van der Waals surface area contributed by atoms with Crippen molar-refractivity contribution in [3.63, 3.8) is 0 Å². The van der Waals surface area contributed by atoms with Gasteiger partial charge in [-0.05, 0) is 77.0 Å². The Morgan fingerprint density at radius 2 is 1.08 bits per heavy atom. The van der Waals surface area contributed by atoms with Gasteiger partial charge in [-0.25, -0.2) is 0 Å². The summed E-state index contributed by atoms with van der Waals surface area (Å²) in [6, 6.07) is 17.8. The Hall–Kier alpha value is -0.387. The van der Waals surface area contributed by atoms with Gasteiger partial charge < -0.3 is 0 Å². The summed E-state index contributed by atoms with van der Waals surface area (Å²) >= 11 is -1.82.